The lowest BCUT2D eigenvalue weighted by molar-refractivity contribution is -0.145. The molecule has 1 atom stereocenters. The van der Waals surface area contributed by atoms with Crippen molar-refractivity contribution in [1.82, 2.24) is 10.2 Å². The molecule has 0 heterocycles. The number of carboxylic acids is 1. The summed E-state index contributed by atoms with van der Waals surface area (Å²) in [6.45, 7) is 8.56. The number of ether oxygens (including phenoxy) is 1. The van der Waals surface area contributed by atoms with Crippen LogP contribution in [-0.2, 0) is 14.3 Å². The highest BCUT2D eigenvalue weighted by atomic mass is 16.5. The smallest absolute Gasteiger partial charge is 0.407 e. The number of rotatable bonds is 10. The molecule has 35 heavy (non-hydrogen) atoms. The maximum absolute atomic E-state index is 12.6. The van der Waals surface area contributed by atoms with E-state index in [0.29, 0.717) is 19.5 Å². The SMILES string of the molecule is CC(CCC(=O)N(CC(=O)O)CC(C)(C)C)CNC(=O)OCC1c2ccccc2-c2ccccc21. The summed E-state index contributed by atoms with van der Waals surface area (Å²) in [5, 5.41) is 11.9. The molecule has 0 aliphatic heterocycles. The van der Waals surface area contributed by atoms with Crippen LogP contribution in [0.2, 0.25) is 0 Å². The summed E-state index contributed by atoms with van der Waals surface area (Å²) < 4.78 is 5.56. The van der Waals surface area contributed by atoms with E-state index in [1.165, 1.54) is 16.0 Å². The molecule has 7 heteroatoms. The van der Waals surface area contributed by atoms with Crippen LogP contribution >= 0.6 is 0 Å². The second-order valence-electron chi connectivity index (χ2n) is 10.6. The Balaban J connectivity index is 1.45. The van der Waals surface area contributed by atoms with Gasteiger partial charge in [-0.3, -0.25) is 9.59 Å². The van der Waals surface area contributed by atoms with E-state index in [0.717, 1.165) is 11.1 Å². The molecule has 1 unspecified atom stereocenters. The van der Waals surface area contributed by atoms with E-state index >= 15 is 0 Å². The fourth-order valence-electron chi connectivity index (χ4n) is 4.51. The van der Waals surface area contributed by atoms with Crippen LogP contribution in [0.25, 0.3) is 11.1 Å². The summed E-state index contributed by atoms with van der Waals surface area (Å²) in [7, 11) is 0. The highest BCUT2D eigenvalue weighted by molar-refractivity contribution is 5.81. The Morgan fingerprint density at radius 3 is 2.14 bits per heavy atom. The molecular formula is C28H36N2O5. The van der Waals surface area contributed by atoms with Crippen molar-refractivity contribution in [1.29, 1.82) is 0 Å². The zero-order valence-corrected chi connectivity index (χ0v) is 21.0. The Kier molecular flexibility index (Phi) is 8.54. The number of hydrogen-bond acceptors (Lipinski definition) is 4. The van der Waals surface area contributed by atoms with Crippen LogP contribution in [-0.4, -0.2) is 54.2 Å². The highest BCUT2D eigenvalue weighted by Crippen LogP contribution is 2.44. The molecule has 2 N–H and O–H groups in total. The predicted octanol–water partition coefficient (Wildman–Crippen LogP) is 4.90. The van der Waals surface area contributed by atoms with Gasteiger partial charge < -0.3 is 20.1 Å². The Morgan fingerprint density at radius 2 is 1.60 bits per heavy atom. The van der Waals surface area contributed by atoms with Crippen LogP contribution < -0.4 is 5.32 Å². The third-order valence-electron chi connectivity index (χ3n) is 6.13. The van der Waals surface area contributed by atoms with Gasteiger partial charge in [0.1, 0.15) is 13.2 Å². The first-order valence-electron chi connectivity index (χ1n) is 12.1. The Labute approximate surface area is 207 Å². The van der Waals surface area contributed by atoms with Crippen LogP contribution in [0, 0.1) is 11.3 Å². The molecule has 3 rings (SSSR count). The van der Waals surface area contributed by atoms with Crippen molar-refractivity contribution in [2.24, 2.45) is 11.3 Å². The summed E-state index contributed by atoms with van der Waals surface area (Å²) in [5.74, 6) is -1.16. The molecule has 1 aliphatic rings. The summed E-state index contributed by atoms with van der Waals surface area (Å²) in [5.41, 5.74) is 4.49. The molecule has 0 aromatic heterocycles. The minimum Gasteiger partial charge on any atom is -0.480 e. The molecule has 188 valence electrons. The van der Waals surface area contributed by atoms with E-state index < -0.39 is 12.1 Å². The molecule has 2 aromatic carbocycles. The average Bonchev–Trinajstić information content (AvgIpc) is 3.12. The first-order chi connectivity index (χ1) is 16.5. The molecule has 0 saturated carbocycles. The number of nitrogens with zero attached hydrogens (tertiary/aromatic N) is 1. The lowest BCUT2D eigenvalue weighted by Crippen LogP contribution is -2.41. The van der Waals surface area contributed by atoms with Crippen LogP contribution in [0.5, 0.6) is 0 Å². The molecule has 0 saturated heterocycles. The zero-order chi connectivity index (χ0) is 25.6. The lowest BCUT2D eigenvalue weighted by Gasteiger charge is -2.29. The molecule has 1 aliphatic carbocycles. The fourth-order valence-corrected chi connectivity index (χ4v) is 4.51. The van der Waals surface area contributed by atoms with Gasteiger partial charge in [0.15, 0.2) is 0 Å². The third kappa shape index (κ3) is 7.31. The van der Waals surface area contributed by atoms with Crippen LogP contribution in [0.15, 0.2) is 48.5 Å². The molecule has 0 bridgehead atoms. The molecule has 7 nitrogen and oxygen atoms in total. The van der Waals surface area contributed by atoms with E-state index in [1.807, 2.05) is 52.0 Å². The Hall–Kier alpha value is -3.35. The lowest BCUT2D eigenvalue weighted by atomic mass is 9.95. The Bertz CT molecular complexity index is 1010. The molecule has 2 amide bonds. The van der Waals surface area contributed by atoms with Gasteiger partial charge in [-0.2, -0.15) is 0 Å². The maximum Gasteiger partial charge on any atom is 0.407 e. The van der Waals surface area contributed by atoms with Crippen molar-refractivity contribution in [3.8, 4) is 11.1 Å². The number of fused-ring (bicyclic) bond motifs is 3. The number of nitrogens with one attached hydrogen (secondary N) is 1. The van der Waals surface area contributed by atoms with Gasteiger partial charge in [-0.1, -0.05) is 76.2 Å². The number of carbonyl (C=O) groups is 3. The van der Waals surface area contributed by atoms with Gasteiger partial charge >= 0.3 is 12.1 Å². The first-order valence-corrected chi connectivity index (χ1v) is 12.1. The van der Waals surface area contributed by atoms with Gasteiger partial charge in [-0.25, -0.2) is 4.79 Å². The van der Waals surface area contributed by atoms with E-state index in [-0.39, 0.29) is 42.7 Å². The van der Waals surface area contributed by atoms with Gasteiger partial charge in [0.2, 0.25) is 5.91 Å². The number of carboxylic acid groups (broad SMARTS) is 1. The molecule has 0 fully saturated rings. The van der Waals surface area contributed by atoms with Crippen LogP contribution in [0.3, 0.4) is 0 Å². The van der Waals surface area contributed by atoms with Gasteiger partial charge in [0, 0.05) is 25.4 Å². The van der Waals surface area contributed by atoms with E-state index in [2.05, 4.69) is 29.6 Å². The predicted molar refractivity (Wildman–Crippen MR) is 135 cm³/mol. The highest BCUT2D eigenvalue weighted by Gasteiger charge is 2.29. The fraction of sp³-hybridized carbons (Fsp3) is 0.464. The molecule has 0 radical (unpaired) electrons. The van der Waals surface area contributed by atoms with E-state index in [4.69, 9.17) is 9.84 Å². The minimum absolute atomic E-state index is 0.00577. The number of carbonyl (C=O) groups excluding carboxylic acids is 2. The van der Waals surface area contributed by atoms with Gasteiger partial charge in [0.25, 0.3) is 0 Å². The first kappa shape index (κ1) is 26.3. The van der Waals surface area contributed by atoms with Gasteiger partial charge in [-0.05, 0) is 40.0 Å². The summed E-state index contributed by atoms with van der Waals surface area (Å²) in [6.07, 6.45) is 0.296. The molecule has 0 spiro atoms. The van der Waals surface area contributed by atoms with Crippen molar-refractivity contribution in [3.63, 3.8) is 0 Å². The summed E-state index contributed by atoms with van der Waals surface area (Å²) in [6, 6.07) is 16.4. The number of alkyl carbamates (subject to hydrolysis) is 1. The zero-order valence-electron chi connectivity index (χ0n) is 21.0. The topological polar surface area (TPSA) is 95.9 Å². The van der Waals surface area contributed by atoms with Crippen LogP contribution in [0.1, 0.15) is 57.6 Å². The normalized spacial score (nSPS) is 13.5. The number of hydrogen-bond donors (Lipinski definition) is 2. The van der Waals surface area contributed by atoms with Crippen molar-refractivity contribution in [2.45, 2.75) is 46.5 Å². The largest absolute Gasteiger partial charge is 0.480 e. The van der Waals surface area contributed by atoms with Crippen molar-refractivity contribution in [2.75, 3.05) is 26.2 Å². The van der Waals surface area contributed by atoms with Crippen LogP contribution in [0.4, 0.5) is 4.79 Å². The average molecular weight is 481 g/mol. The van der Waals surface area contributed by atoms with Crippen molar-refractivity contribution in [3.05, 3.63) is 59.7 Å². The second kappa shape index (κ2) is 11.4. The summed E-state index contributed by atoms with van der Waals surface area (Å²) in [4.78, 5) is 37.5. The van der Waals surface area contributed by atoms with Gasteiger partial charge in [-0.15, -0.1) is 0 Å². The van der Waals surface area contributed by atoms with Gasteiger partial charge in [0.05, 0.1) is 0 Å². The number of amides is 2. The summed E-state index contributed by atoms with van der Waals surface area (Å²) >= 11 is 0. The quantitative estimate of drug-likeness (QED) is 0.504. The van der Waals surface area contributed by atoms with E-state index in [9.17, 15) is 14.4 Å². The molecular weight excluding hydrogens is 444 g/mol. The number of aliphatic carboxylic acids is 1. The number of benzene rings is 2. The third-order valence-corrected chi connectivity index (χ3v) is 6.13. The Morgan fingerprint density at radius 1 is 1.03 bits per heavy atom. The maximum atomic E-state index is 12.6. The van der Waals surface area contributed by atoms with E-state index in [1.54, 1.807) is 0 Å². The second-order valence-corrected chi connectivity index (χ2v) is 10.6. The standard InChI is InChI=1S/C28H36N2O5/c1-19(13-14-25(31)30(16-26(32)33)18-28(2,3)4)15-29-27(34)35-17-24-22-11-7-5-9-20(22)21-10-6-8-12-23(21)24/h5-12,19,24H,13-18H2,1-4H3,(H,29,34)(H,32,33). The molecule has 2 aromatic rings. The monoisotopic (exact) mass is 480 g/mol. The van der Waals surface area contributed by atoms with Crippen molar-refractivity contribution < 1.29 is 24.2 Å². The minimum atomic E-state index is -1.02. The van der Waals surface area contributed by atoms with Crippen molar-refractivity contribution >= 4 is 18.0 Å².